The zero-order valence-electron chi connectivity index (χ0n) is 19.1. The minimum Gasteiger partial charge on any atom is -0.382 e. The molecule has 0 aliphatic carbocycles. The number of nitrogen functional groups attached to an aromatic ring is 1. The highest BCUT2D eigenvalue weighted by Gasteiger charge is 2.20. The number of anilines is 3. The Morgan fingerprint density at radius 2 is 1.85 bits per heavy atom. The van der Waals surface area contributed by atoms with Gasteiger partial charge in [-0.2, -0.15) is 0 Å². The molecule has 34 heavy (non-hydrogen) atoms. The molecule has 0 atom stereocenters. The summed E-state index contributed by atoms with van der Waals surface area (Å²) in [6.45, 7) is 5.88. The summed E-state index contributed by atoms with van der Waals surface area (Å²) in [7, 11) is 0. The van der Waals surface area contributed by atoms with E-state index in [1.807, 2.05) is 12.1 Å². The molecule has 4 rings (SSSR count). The number of aromatic nitrogens is 4. The van der Waals surface area contributed by atoms with E-state index < -0.39 is 11.7 Å². The molecular formula is C25H26FN7O. The number of halogens is 1. The molecule has 0 aliphatic rings. The zero-order valence-corrected chi connectivity index (χ0v) is 19.1. The fraction of sp³-hybridized carbons (Fsp3) is 0.240. The number of hydrogen-bond acceptors (Lipinski definition) is 7. The van der Waals surface area contributed by atoms with Crippen molar-refractivity contribution in [2.45, 2.75) is 26.7 Å². The van der Waals surface area contributed by atoms with Crippen LogP contribution in [0.2, 0.25) is 0 Å². The first-order valence-electron chi connectivity index (χ1n) is 11.2. The number of pyridine rings is 2. The van der Waals surface area contributed by atoms with Gasteiger partial charge in [-0.3, -0.25) is 9.78 Å². The van der Waals surface area contributed by atoms with E-state index in [4.69, 9.17) is 5.73 Å². The summed E-state index contributed by atoms with van der Waals surface area (Å²) in [5.74, 6) is -0.531. The van der Waals surface area contributed by atoms with Crippen LogP contribution in [-0.2, 0) is 0 Å². The average molecular weight is 460 g/mol. The third kappa shape index (κ3) is 4.78. The Balaban J connectivity index is 1.70. The van der Waals surface area contributed by atoms with Crippen molar-refractivity contribution in [3.63, 3.8) is 0 Å². The summed E-state index contributed by atoms with van der Waals surface area (Å²) >= 11 is 0. The minimum atomic E-state index is -0.536. The molecule has 174 valence electrons. The zero-order chi connectivity index (χ0) is 24.1. The van der Waals surface area contributed by atoms with Crippen molar-refractivity contribution in [3.8, 4) is 11.4 Å². The van der Waals surface area contributed by atoms with Crippen molar-refractivity contribution in [1.82, 2.24) is 19.9 Å². The quantitative estimate of drug-likeness (QED) is 0.393. The normalized spacial score (nSPS) is 10.9. The molecule has 0 saturated carbocycles. The number of fused-ring (bicyclic) bond motifs is 1. The number of hydrogen-bond donors (Lipinski definition) is 2. The van der Waals surface area contributed by atoms with E-state index in [0.29, 0.717) is 22.6 Å². The summed E-state index contributed by atoms with van der Waals surface area (Å²) in [6.07, 6.45) is 6.57. The molecule has 0 unspecified atom stereocenters. The molecule has 0 saturated heterocycles. The van der Waals surface area contributed by atoms with Crippen LogP contribution in [0.3, 0.4) is 0 Å². The van der Waals surface area contributed by atoms with Gasteiger partial charge in [-0.1, -0.05) is 19.9 Å². The van der Waals surface area contributed by atoms with Gasteiger partial charge in [0, 0.05) is 30.9 Å². The van der Waals surface area contributed by atoms with Crippen LogP contribution < -0.4 is 16.0 Å². The van der Waals surface area contributed by atoms with E-state index in [2.05, 4.69) is 44.0 Å². The van der Waals surface area contributed by atoms with Gasteiger partial charge in [-0.05, 0) is 48.6 Å². The van der Waals surface area contributed by atoms with Gasteiger partial charge < -0.3 is 16.0 Å². The highest BCUT2D eigenvalue weighted by molar-refractivity contribution is 6.07. The van der Waals surface area contributed by atoms with Crippen LogP contribution in [0.25, 0.3) is 22.2 Å². The lowest BCUT2D eigenvalue weighted by atomic mass is 10.1. The summed E-state index contributed by atoms with van der Waals surface area (Å²) in [5.41, 5.74) is 7.51. The van der Waals surface area contributed by atoms with Crippen molar-refractivity contribution in [3.05, 3.63) is 66.5 Å². The lowest BCUT2D eigenvalue weighted by Gasteiger charge is -2.25. The van der Waals surface area contributed by atoms with Gasteiger partial charge >= 0.3 is 0 Å². The molecule has 3 heterocycles. The van der Waals surface area contributed by atoms with E-state index in [1.54, 1.807) is 24.5 Å². The topological polar surface area (TPSA) is 110 Å². The Labute approximate surface area is 197 Å². The largest absolute Gasteiger partial charge is 0.382 e. The van der Waals surface area contributed by atoms with E-state index >= 15 is 0 Å². The van der Waals surface area contributed by atoms with Gasteiger partial charge in [-0.15, -0.1) is 0 Å². The molecule has 9 heteroatoms. The lowest BCUT2D eigenvalue weighted by molar-refractivity contribution is 0.102. The molecule has 1 aromatic carbocycles. The first-order valence-corrected chi connectivity index (χ1v) is 11.2. The molecule has 0 bridgehead atoms. The number of nitrogens with two attached hydrogens (primary N) is 1. The molecule has 0 radical (unpaired) electrons. The first-order chi connectivity index (χ1) is 16.5. The van der Waals surface area contributed by atoms with Gasteiger partial charge in [0.2, 0.25) is 0 Å². The number of nitrogens with one attached hydrogen (secondary N) is 1. The summed E-state index contributed by atoms with van der Waals surface area (Å²) in [4.78, 5) is 32.7. The second-order valence-electron chi connectivity index (χ2n) is 7.83. The molecule has 3 aromatic heterocycles. The summed E-state index contributed by atoms with van der Waals surface area (Å²) in [6, 6.07) is 9.96. The molecule has 8 nitrogen and oxygen atoms in total. The number of nitrogens with zero attached hydrogens (tertiary/aromatic N) is 5. The third-order valence-electron chi connectivity index (χ3n) is 5.33. The third-order valence-corrected chi connectivity index (χ3v) is 5.33. The highest BCUT2D eigenvalue weighted by Crippen LogP contribution is 2.28. The fourth-order valence-corrected chi connectivity index (χ4v) is 3.83. The van der Waals surface area contributed by atoms with Gasteiger partial charge in [0.05, 0.1) is 17.6 Å². The van der Waals surface area contributed by atoms with E-state index in [0.717, 1.165) is 37.0 Å². The van der Waals surface area contributed by atoms with E-state index in [-0.39, 0.29) is 11.5 Å². The Bertz CT molecular complexity index is 1320. The smallest absolute Gasteiger partial charge is 0.279 e. The SMILES string of the molecule is CCCN(CCC)c1cccnc1NC(=O)c1nc(-c2nccc3ccc(F)cc23)cnc1N. The van der Waals surface area contributed by atoms with Gasteiger partial charge in [0.1, 0.15) is 11.5 Å². The number of carbonyl (C=O) groups excluding carboxylic acids is 1. The van der Waals surface area contributed by atoms with Crippen LogP contribution in [0.4, 0.5) is 21.7 Å². The Morgan fingerprint density at radius 3 is 2.62 bits per heavy atom. The van der Waals surface area contributed by atoms with E-state index in [9.17, 15) is 9.18 Å². The van der Waals surface area contributed by atoms with Crippen LogP contribution in [0.1, 0.15) is 37.2 Å². The Morgan fingerprint density at radius 1 is 1.06 bits per heavy atom. The van der Waals surface area contributed by atoms with Gasteiger partial charge in [0.25, 0.3) is 5.91 Å². The summed E-state index contributed by atoms with van der Waals surface area (Å²) < 4.78 is 13.9. The standard InChI is InChI=1S/C25H26FN7O/c1-3-12-33(13-4-2)20-6-5-10-29-24(20)32-25(34)22-23(27)30-15-19(31-22)21-18-14-17(26)8-7-16(18)9-11-28-21/h5-11,14-15H,3-4,12-13H2,1-2H3,(H2,27,30)(H,29,32,34). The molecule has 0 aliphatic heterocycles. The number of amides is 1. The monoisotopic (exact) mass is 459 g/mol. The Hall–Kier alpha value is -4.14. The van der Waals surface area contributed by atoms with Gasteiger partial charge in [0.15, 0.2) is 17.3 Å². The van der Waals surface area contributed by atoms with Crippen LogP contribution >= 0.6 is 0 Å². The maximum absolute atomic E-state index is 13.9. The number of carbonyl (C=O) groups is 1. The molecule has 1 amide bonds. The maximum atomic E-state index is 13.9. The minimum absolute atomic E-state index is 0.0240. The van der Waals surface area contributed by atoms with Crippen LogP contribution in [0, 0.1) is 5.82 Å². The molecular weight excluding hydrogens is 433 g/mol. The first kappa shape index (κ1) is 23.0. The Kier molecular flexibility index (Phi) is 6.91. The second kappa shape index (κ2) is 10.2. The molecule has 3 N–H and O–H groups in total. The van der Waals surface area contributed by atoms with Crippen LogP contribution in [0.5, 0.6) is 0 Å². The number of benzene rings is 1. The average Bonchev–Trinajstić information content (AvgIpc) is 2.84. The fourth-order valence-electron chi connectivity index (χ4n) is 3.83. The second-order valence-corrected chi connectivity index (χ2v) is 7.83. The maximum Gasteiger partial charge on any atom is 0.279 e. The van der Waals surface area contributed by atoms with Crippen molar-refractivity contribution in [2.75, 3.05) is 29.0 Å². The predicted octanol–water partition coefficient (Wildman–Crippen LogP) is 4.69. The summed E-state index contributed by atoms with van der Waals surface area (Å²) in [5, 5.41) is 4.19. The molecule has 0 fully saturated rings. The van der Waals surface area contributed by atoms with Gasteiger partial charge in [-0.25, -0.2) is 19.3 Å². The van der Waals surface area contributed by atoms with E-state index in [1.165, 1.54) is 18.3 Å². The molecule has 0 spiro atoms. The highest BCUT2D eigenvalue weighted by atomic mass is 19.1. The van der Waals surface area contributed by atoms with Crippen molar-refractivity contribution < 1.29 is 9.18 Å². The van der Waals surface area contributed by atoms with Crippen molar-refractivity contribution >= 4 is 34.0 Å². The van der Waals surface area contributed by atoms with Crippen molar-refractivity contribution in [1.29, 1.82) is 0 Å². The van der Waals surface area contributed by atoms with Crippen LogP contribution in [0.15, 0.2) is 55.0 Å². The lowest BCUT2D eigenvalue weighted by Crippen LogP contribution is -2.27. The number of rotatable bonds is 8. The van der Waals surface area contributed by atoms with Crippen molar-refractivity contribution in [2.24, 2.45) is 0 Å². The van der Waals surface area contributed by atoms with Crippen LogP contribution in [-0.4, -0.2) is 38.9 Å². The molecule has 4 aromatic rings. The predicted molar refractivity (Wildman–Crippen MR) is 132 cm³/mol.